The van der Waals surface area contributed by atoms with Gasteiger partial charge in [-0.2, -0.15) is 0 Å². The largest absolute Gasteiger partial charge is 0.0985 e. The van der Waals surface area contributed by atoms with E-state index in [2.05, 4.69) is 125 Å². The molecule has 0 radical (unpaired) electrons. The number of benzene rings is 2. The van der Waals surface area contributed by atoms with Crippen LogP contribution in [0.2, 0.25) is 0 Å². The van der Waals surface area contributed by atoms with E-state index in [1.165, 1.54) is 11.1 Å². The maximum absolute atomic E-state index is 4.53. The molecule has 0 saturated heterocycles. The van der Waals surface area contributed by atoms with Crippen LogP contribution in [-0.2, 0) is 0 Å². The fourth-order valence-electron chi connectivity index (χ4n) is 4.95. The van der Waals surface area contributed by atoms with Crippen LogP contribution in [0.1, 0.15) is 23.6 Å². The Morgan fingerprint density at radius 1 is 0.667 bits per heavy atom. The Hall–Kier alpha value is -5.20. The smallest absolute Gasteiger partial charge is 0.00329 e. The van der Waals surface area contributed by atoms with E-state index in [0.717, 1.165) is 55.0 Å². The molecular weight excluding hydrogens is 504 g/mol. The van der Waals surface area contributed by atoms with Crippen molar-refractivity contribution in [1.29, 1.82) is 0 Å². The molecule has 0 bridgehead atoms. The first-order valence-corrected chi connectivity index (χ1v) is 14.1. The molecule has 1 atom stereocenters. The predicted molar refractivity (Wildman–Crippen MR) is 188 cm³/mol. The Kier molecular flexibility index (Phi) is 9.87. The maximum atomic E-state index is 4.53. The molecule has 0 nitrogen and oxygen atoms in total. The minimum atomic E-state index is 0.254. The van der Waals surface area contributed by atoms with Gasteiger partial charge in [0.15, 0.2) is 0 Å². The summed E-state index contributed by atoms with van der Waals surface area (Å²) in [7, 11) is 0. The van der Waals surface area contributed by atoms with Gasteiger partial charge in [-0.3, -0.25) is 0 Å². The van der Waals surface area contributed by atoms with Gasteiger partial charge in [-0.1, -0.05) is 180 Å². The second-order valence-corrected chi connectivity index (χ2v) is 10.3. The Morgan fingerprint density at radius 3 is 1.88 bits per heavy atom. The van der Waals surface area contributed by atoms with Crippen LogP contribution in [-0.4, -0.2) is 0 Å². The summed E-state index contributed by atoms with van der Waals surface area (Å²) in [4.78, 5) is 0. The van der Waals surface area contributed by atoms with Crippen LogP contribution in [0, 0.1) is 5.92 Å². The standard InChI is InChI=1S/C42H38/c1-8-30(3)16-15-21-38(32(5)9-2)42-34(7)18-14-13-17-33(6)41(39-28-22-31(4)23-29-40(39)42)37-26-24-36(25-27-37)35-19-11-10-12-20-35/h8-29,31H,1-3,5-7H2,4H3/b16-15-,17-13?,18-14?,38-21+,41-39?,42-40?. The molecule has 0 spiro atoms. The van der Waals surface area contributed by atoms with Crippen molar-refractivity contribution in [3.05, 3.63) is 186 Å². The van der Waals surface area contributed by atoms with Crippen molar-refractivity contribution in [3.63, 3.8) is 0 Å². The monoisotopic (exact) mass is 542 g/mol. The summed E-state index contributed by atoms with van der Waals surface area (Å²) in [5, 5.41) is 1.80. The molecule has 0 fully saturated rings. The van der Waals surface area contributed by atoms with Crippen LogP contribution in [0.25, 0.3) is 53.1 Å². The van der Waals surface area contributed by atoms with Crippen LogP contribution in [0.3, 0.4) is 0 Å². The maximum Gasteiger partial charge on any atom is -0.00329 e. The molecule has 4 rings (SSSR count). The van der Waals surface area contributed by atoms with E-state index in [0.29, 0.717) is 0 Å². The second-order valence-electron chi connectivity index (χ2n) is 10.3. The molecule has 0 amide bonds. The molecule has 0 heteroatoms. The lowest BCUT2D eigenvalue weighted by molar-refractivity contribution is 0.954. The first-order chi connectivity index (χ1) is 20.3. The zero-order valence-electron chi connectivity index (χ0n) is 24.5. The highest BCUT2D eigenvalue weighted by Crippen LogP contribution is 2.33. The quantitative estimate of drug-likeness (QED) is 0.248. The zero-order valence-corrected chi connectivity index (χ0v) is 24.5. The van der Waals surface area contributed by atoms with Crippen LogP contribution in [0.4, 0.5) is 0 Å². The highest BCUT2D eigenvalue weighted by Gasteiger charge is 2.16. The average Bonchev–Trinajstić information content (AvgIpc) is 3.20. The van der Waals surface area contributed by atoms with Gasteiger partial charge in [-0.15, -0.1) is 0 Å². The Morgan fingerprint density at radius 2 is 1.24 bits per heavy atom. The highest BCUT2D eigenvalue weighted by molar-refractivity contribution is 5.91. The zero-order chi connectivity index (χ0) is 30.1. The summed E-state index contributed by atoms with van der Waals surface area (Å²) in [5.41, 5.74) is 10.2. The van der Waals surface area contributed by atoms with E-state index < -0.39 is 0 Å². The van der Waals surface area contributed by atoms with Gasteiger partial charge in [0.25, 0.3) is 0 Å². The van der Waals surface area contributed by atoms with E-state index in [1.54, 1.807) is 12.2 Å². The van der Waals surface area contributed by atoms with Gasteiger partial charge < -0.3 is 0 Å². The third-order valence-corrected chi connectivity index (χ3v) is 7.29. The number of fused-ring (bicyclic) bond motifs is 1. The van der Waals surface area contributed by atoms with Crippen molar-refractivity contribution in [1.82, 2.24) is 0 Å². The first-order valence-electron chi connectivity index (χ1n) is 14.1. The Balaban J connectivity index is 2.13. The van der Waals surface area contributed by atoms with Gasteiger partial charge >= 0.3 is 0 Å². The van der Waals surface area contributed by atoms with Crippen molar-refractivity contribution >= 4 is 30.9 Å². The molecule has 3 aromatic carbocycles. The fourth-order valence-corrected chi connectivity index (χ4v) is 4.95. The van der Waals surface area contributed by atoms with E-state index in [-0.39, 0.29) is 5.92 Å². The topological polar surface area (TPSA) is 0 Å². The molecule has 206 valence electrons. The highest BCUT2D eigenvalue weighted by atomic mass is 14.2. The molecule has 0 aromatic heterocycles. The first kappa shape index (κ1) is 29.8. The van der Waals surface area contributed by atoms with Crippen LogP contribution >= 0.6 is 0 Å². The predicted octanol–water partition coefficient (Wildman–Crippen LogP) is 10.1. The summed E-state index contributed by atoms with van der Waals surface area (Å²) in [6.45, 7) is 27.4. The summed E-state index contributed by atoms with van der Waals surface area (Å²) in [6, 6.07) is 27.3. The lowest BCUT2D eigenvalue weighted by Gasteiger charge is -2.16. The molecule has 42 heavy (non-hydrogen) atoms. The lowest BCUT2D eigenvalue weighted by atomic mass is 9.88. The molecule has 0 heterocycles. The molecule has 3 aromatic rings. The van der Waals surface area contributed by atoms with Crippen molar-refractivity contribution in [3.8, 4) is 22.3 Å². The average molecular weight is 543 g/mol. The molecule has 1 aliphatic carbocycles. The summed E-state index contributed by atoms with van der Waals surface area (Å²) >= 11 is 0. The Labute approximate surface area is 251 Å². The van der Waals surface area contributed by atoms with Crippen molar-refractivity contribution in [2.24, 2.45) is 5.92 Å². The van der Waals surface area contributed by atoms with E-state index >= 15 is 0 Å². The fraction of sp³-hybridized carbons (Fsp3) is 0.0476. The molecule has 1 aliphatic rings. The summed E-state index contributed by atoms with van der Waals surface area (Å²) in [5.74, 6) is 0.254. The number of hydrogen-bond acceptors (Lipinski definition) is 0. The van der Waals surface area contributed by atoms with E-state index in [1.807, 2.05) is 42.5 Å². The molecule has 1 unspecified atom stereocenters. The van der Waals surface area contributed by atoms with Crippen molar-refractivity contribution in [2.75, 3.05) is 0 Å². The summed E-state index contributed by atoms with van der Waals surface area (Å²) < 4.78 is 0. The van der Waals surface area contributed by atoms with Crippen molar-refractivity contribution < 1.29 is 0 Å². The van der Waals surface area contributed by atoms with Gasteiger partial charge in [-0.25, -0.2) is 0 Å². The summed E-state index contributed by atoms with van der Waals surface area (Å²) in [6.07, 6.45) is 18.4. The van der Waals surface area contributed by atoms with Crippen molar-refractivity contribution in [2.45, 2.75) is 6.92 Å². The SMILES string of the molecule is C=CC(=C)/C=C\C=C(/C(=C)C=C)c1c2c(c(-c3ccc(-c4ccccc4)cc3)c(=C)ccccc1=C)C=CC(C)C=C2. The lowest BCUT2D eigenvalue weighted by Crippen LogP contribution is -2.11. The normalized spacial score (nSPS) is 14.0. The van der Waals surface area contributed by atoms with E-state index in [4.69, 9.17) is 0 Å². The second kappa shape index (κ2) is 13.9. The van der Waals surface area contributed by atoms with Gasteiger partial charge in [0.1, 0.15) is 0 Å². The molecule has 0 N–H and O–H groups in total. The minimum Gasteiger partial charge on any atom is -0.0985 e. The van der Waals surface area contributed by atoms with Gasteiger partial charge in [0.05, 0.1) is 0 Å². The number of allylic oxidation sites excluding steroid dienone is 10. The molecule has 0 aliphatic heterocycles. The number of hydrogen-bond donors (Lipinski definition) is 0. The van der Waals surface area contributed by atoms with Gasteiger partial charge in [-0.05, 0) is 72.0 Å². The van der Waals surface area contributed by atoms with Crippen LogP contribution in [0.5, 0.6) is 0 Å². The number of rotatable bonds is 8. The third-order valence-electron chi connectivity index (χ3n) is 7.29. The molecule has 0 saturated carbocycles. The van der Waals surface area contributed by atoms with Crippen LogP contribution in [0.15, 0.2) is 159 Å². The minimum absolute atomic E-state index is 0.254. The molecular formula is C42H38. The Bertz CT molecular complexity index is 1800. The van der Waals surface area contributed by atoms with Gasteiger partial charge in [0, 0.05) is 0 Å². The van der Waals surface area contributed by atoms with E-state index in [9.17, 15) is 0 Å². The van der Waals surface area contributed by atoms with Crippen LogP contribution < -0.4 is 10.4 Å². The van der Waals surface area contributed by atoms with Gasteiger partial charge in [0.2, 0.25) is 0 Å². The third kappa shape index (κ3) is 6.92.